The Labute approximate surface area is 122 Å². The Morgan fingerprint density at radius 3 is 2.86 bits per heavy atom. The summed E-state index contributed by atoms with van der Waals surface area (Å²) in [5.41, 5.74) is 1.81. The first kappa shape index (κ1) is 15.7. The molecule has 8 heteroatoms. The van der Waals surface area contributed by atoms with Gasteiger partial charge in [-0.25, -0.2) is 4.98 Å². The summed E-state index contributed by atoms with van der Waals surface area (Å²) in [7, 11) is 0. The predicted molar refractivity (Wildman–Crippen MR) is 74.5 cm³/mol. The van der Waals surface area contributed by atoms with Gasteiger partial charge in [-0.15, -0.1) is 0 Å². The molecule has 0 unspecified atom stereocenters. The third-order valence-electron chi connectivity index (χ3n) is 2.61. The van der Waals surface area contributed by atoms with Gasteiger partial charge in [-0.2, -0.15) is 13.2 Å². The number of thiazole rings is 1. The molecule has 2 rings (SSSR count). The zero-order valence-electron chi connectivity index (χ0n) is 11.2. The molecule has 0 aliphatic heterocycles. The number of carbonyl (C=O) groups excluding carboxylic acids is 1. The maximum Gasteiger partial charge on any atom is 0.411 e. The number of anilines is 1. The maximum absolute atomic E-state index is 11.8. The molecule has 0 aliphatic carbocycles. The van der Waals surface area contributed by atoms with E-state index in [-0.39, 0.29) is 13.0 Å². The molecule has 1 amide bonds. The van der Waals surface area contributed by atoms with Crippen LogP contribution in [0.2, 0.25) is 0 Å². The molecule has 1 N–H and O–H groups in total. The number of hydrogen-bond acceptors (Lipinski definition) is 4. The third-order valence-corrected chi connectivity index (χ3v) is 3.54. The van der Waals surface area contributed by atoms with Crippen molar-refractivity contribution in [2.24, 2.45) is 0 Å². The second-order valence-corrected chi connectivity index (χ2v) is 5.44. The highest BCUT2D eigenvalue weighted by Crippen LogP contribution is 2.27. The van der Waals surface area contributed by atoms with Crippen LogP contribution in [0.15, 0.2) is 18.2 Å². The lowest BCUT2D eigenvalue weighted by Crippen LogP contribution is -2.20. The van der Waals surface area contributed by atoms with E-state index < -0.39 is 18.7 Å². The Balaban J connectivity index is 1.86. The normalized spacial score (nSPS) is 11.8. The molecule has 0 radical (unpaired) electrons. The lowest BCUT2D eigenvalue weighted by atomic mass is 10.2. The van der Waals surface area contributed by atoms with Gasteiger partial charge in [0.1, 0.15) is 6.61 Å². The summed E-state index contributed by atoms with van der Waals surface area (Å²) >= 11 is 1.32. The van der Waals surface area contributed by atoms with Gasteiger partial charge in [0.15, 0.2) is 5.13 Å². The minimum Gasteiger partial charge on any atom is -0.372 e. The second-order valence-electron chi connectivity index (χ2n) is 4.41. The number of halogens is 3. The van der Waals surface area contributed by atoms with Crippen molar-refractivity contribution in [2.45, 2.75) is 19.5 Å². The monoisotopic (exact) mass is 318 g/mol. The fourth-order valence-corrected chi connectivity index (χ4v) is 2.63. The molecule has 2 aromatic rings. The Morgan fingerprint density at radius 1 is 1.43 bits per heavy atom. The minimum absolute atomic E-state index is 0.148. The topological polar surface area (TPSA) is 51.2 Å². The number of hydrogen-bond donors (Lipinski definition) is 1. The molecule has 1 aromatic carbocycles. The highest BCUT2D eigenvalue weighted by atomic mass is 32.1. The van der Waals surface area contributed by atoms with Crippen LogP contribution in [0.5, 0.6) is 0 Å². The zero-order chi connectivity index (χ0) is 15.5. The first-order chi connectivity index (χ1) is 9.85. The number of nitrogens with one attached hydrogen (secondary N) is 1. The van der Waals surface area contributed by atoms with E-state index in [4.69, 9.17) is 0 Å². The molecule has 114 valence electrons. The first-order valence-electron chi connectivity index (χ1n) is 6.16. The summed E-state index contributed by atoms with van der Waals surface area (Å²) in [6.45, 7) is 0.286. The smallest absolute Gasteiger partial charge is 0.372 e. The van der Waals surface area contributed by atoms with Gasteiger partial charge in [-0.05, 0) is 18.6 Å². The number of benzene rings is 1. The molecular formula is C13H13F3N2O2S. The van der Waals surface area contributed by atoms with Crippen LogP contribution >= 0.6 is 11.3 Å². The fourth-order valence-electron chi connectivity index (χ4n) is 1.67. The molecule has 1 aromatic heterocycles. The van der Waals surface area contributed by atoms with Crippen LogP contribution in [-0.4, -0.2) is 30.3 Å². The highest BCUT2D eigenvalue weighted by Gasteiger charge is 2.27. The third kappa shape index (κ3) is 4.68. The summed E-state index contributed by atoms with van der Waals surface area (Å²) in [6.07, 6.45) is -4.52. The van der Waals surface area contributed by atoms with Crippen molar-refractivity contribution < 1.29 is 22.7 Å². The molecule has 21 heavy (non-hydrogen) atoms. The number of para-hydroxylation sites is 1. The van der Waals surface area contributed by atoms with Crippen molar-refractivity contribution in [3.8, 4) is 0 Å². The maximum atomic E-state index is 11.8. The van der Waals surface area contributed by atoms with E-state index in [0.29, 0.717) is 5.13 Å². The zero-order valence-corrected chi connectivity index (χ0v) is 12.0. The van der Waals surface area contributed by atoms with Crippen molar-refractivity contribution in [3.63, 3.8) is 0 Å². The van der Waals surface area contributed by atoms with Gasteiger partial charge in [-0.3, -0.25) is 4.79 Å². The minimum atomic E-state index is -4.37. The molecule has 0 saturated heterocycles. The quantitative estimate of drug-likeness (QED) is 0.858. The van der Waals surface area contributed by atoms with Gasteiger partial charge < -0.3 is 10.1 Å². The van der Waals surface area contributed by atoms with E-state index >= 15 is 0 Å². The number of ether oxygens (including phenoxy) is 1. The van der Waals surface area contributed by atoms with Gasteiger partial charge in [-0.1, -0.05) is 23.5 Å². The Hall–Kier alpha value is -1.67. The predicted octanol–water partition coefficient (Wildman–Crippen LogP) is 3.51. The van der Waals surface area contributed by atoms with E-state index in [0.717, 1.165) is 15.8 Å². The number of carbonyl (C=O) groups is 1. The SMILES string of the molecule is Cc1cccc2sc(NC(=O)CCOCC(F)(F)F)nc12. The highest BCUT2D eigenvalue weighted by molar-refractivity contribution is 7.22. The van der Waals surface area contributed by atoms with Gasteiger partial charge in [0, 0.05) is 0 Å². The summed E-state index contributed by atoms with van der Waals surface area (Å²) < 4.78 is 40.9. The van der Waals surface area contributed by atoms with Crippen molar-refractivity contribution in [1.29, 1.82) is 0 Å². The van der Waals surface area contributed by atoms with E-state index in [1.54, 1.807) is 0 Å². The van der Waals surface area contributed by atoms with Crippen LogP contribution in [0.25, 0.3) is 10.2 Å². The molecule has 4 nitrogen and oxygen atoms in total. The number of fused-ring (bicyclic) bond motifs is 1. The van der Waals surface area contributed by atoms with Crippen molar-refractivity contribution in [3.05, 3.63) is 23.8 Å². The number of aromatic nitrogens is 1. The fraction of sp³-hybridized carbons (Fsp3) is 0.385. The lowest BCUT2D eigenvalue weighted by Gasteiger charge is -2.06. The van der Waals surface area contributed by atoms with Crippen molar-refractivity contribution in [2.75, 3.05) is 18.5 Å². The molecule has 0 saturated carbocycles. The summed E-state index contributed by atoms with van der Waals surface area (Å²) in [5, 5.41) is 2.99. The lowest BCUT2D eigenvalue weighted by molar-refractivity contribution is -0.174. The molecule has 1 heterocycles. The van der Waals surface area contributed by atoms with Gasteiger partial charge in [0.2, 0.25) is 5.91 Å². The summed E-state index contributed by atoms with van der Waals surface area (Å²) in [4.78, 5) is 15.9. The molecule has 0 fully saturated rings. The molecule has 0 aliphatic rings. The van der Waals surface area contributed by atoms with Crippen LogP contribution < -0.4 is 5.32 Å². The average molecular weight is 318 g/mol. The summed E-state index contributed by atoms with van der Waals surface area (Å²) in [5.74, 6) is -0.422. The standard InChI is InChI=1S/C13H13F3N2O2S/c1-8-3-2-4-9-11(8)18-12(21-9)17-10(19)5-6-20-7-13(14,15)16/h2-4H,5-7H2,1H3,(H,17,18,19). The molecule has 0 atom stereocenters. The van der Waals surface area contributed by atoms with Gasteiger partial charge in [0.25, 0.3) is 0 Å². The van der Waals surface area contributed by atoms with Crippen LogP contribution in [0.3, 0.4) is 0 Å². The number of amides is 1. The van der Waals surface area contributed by atoms with Gasteiger partial charge >= 0.3 is 6.18 Å². The number of aryl methyl sites for hydroxylation is 1. The molecule has 0 spiro atoms. The van der Waals surface area contributed by atoms with Crippen LogP contribution in [0, 0.1) is 6.92 Å². The molecule has 0 bridgehead atoms. The number of rotatable bonds is 5. The summed E-state index contributed by atoms with van der Waals surface area (Å²) in [6, 6.07) is 5.70. The average Bonchev–Trinajstić information content (AvgIpc) is 2.77. The number of nitrogens with zero attached hydrogens (tertiary/aromatic N) is 1. The van der Waals surface area contributed by atoms with Crippen molar-refractivity contribution >= 4 is 32.6 Å². The first-order valence-corrected chi connectivity index (χ1v) is 6.97. The van der Waals surface area contributed by atoms with Crippen LogP contribution in [-0.2, 0) is 9.53 Å². The van der Waals surface area contributed by atoms with Crippen molar-refractivity contribution in [1.82, 2.24) is 4.98 Å². The molecular weight excluding hydrogens is 305 g/mol. The van der Waals surface area contributed by atoms with Gasteiger partial charge in [0.05, 0.1) is 23.2 Å². The van der Waals surface area contributed by atoms with Crippen LogP contribution in [0.1, 0.15) is 12.0 Å². The Bertz CT molecular complexity index is 640. The van der Waals surface area contributed by atoms with Crippen LogP contribution in [0.4, 0.5) is 18.3 Å². The number of alkyl halides is 3. The van der Waals surface area contributed by atoms with E-state index in [2.05, 4.69) is 15.0 Å². The Morgan fingerprint density at radius 2 is 2.19 bits per heavy atom. The van der Waals surface area contributed by atoms with E-state index in [1.807, 2.05) is 25.1 Å². The van der Waals surface area contributed by atoms with E-state index in [9.17, 15) is 18.0 Å². The second kappa shape index (κ2) is 6.40. The van der Waals surface area contributed by atoms with E-state index in [1.165, 1.54) is 11.3 Å². The largest absolute Gasteiger partial charge is 0.411 e. The Kier molecular flexibility index (Phi) is 4.79.